The second kappa shape index (κ2) is 5.00. The Morgan fingerprint density at radius 1 is 1.73 bits per heavy atom. The minimum absolute atomic E-state index is 0.274. The molecule has 15 heavy (non-hydrogen) atoms. The highest BCUT2D eigenvalue weighted by Crippen LogP contribution is 2.37. The van der Waals surface area contributed by atoms with Crippen LogP contribution in [0.2, 0.25) is 0 Å². The first-order chi connectivity index (χ1) is 7.10. The molecule has 0 aliphatic heterocycles. The van der Waals surface area contributed by atoms with E-state index in [1.165, 1.54) is 0 Å². The molecule has 0 radical (unpaired) electrons. The number of primary amides is 1. The van der Waals surface area contributed by atoms with Gasteiger partial charge in [-0.1, -0.05) is 12.0 Å². The lowest BCUT2D eigenvalue weighted by molar-refractivity contribution is -0.129. The van der Waals surface area contributed by atoms with Crippen LogP contribution in [0.15, 0.2) is 5.11 Å². The van der Waals surface area contributed by atoms with Gasteiger partial charge in [-0.05, 0) is 37.3 Å². The molecule has 3 N–H and O–H groups in total. The van der Waals surface area contributed by atoms with Gasteiger partial charge in [0, 0.05) is 11.5 Å². The standard InChI is InChI=1S/C9H17N5O/c1-7-5-9(6-7,8(10)15)12-3-2-4-13-14-11/h7,12H,2-6H2,1H3,(H2,10,15). The van der Waals surface area contributed by atoms with Crippen molar-refractivity contribution < 1.29 is 4.79 Å². The van der Waals surface area contributed by atoms with Crippen LogP contribution in [0.3, 0.4) is 0 Å². The van der Waals surface area contributed by atoms with E-state index in [0.717, 1.165) is 19.3 Å². The Labute approximate surface area is 88.8 Å². The van der Waals surface area contributed by atoms with Crippen molar-refractivity contribution in [1.29, 1.82) is 0 Å². The maximum Gasteiger partial charge on any atom is 0.237 e. The highest BCUT2D eigenvalue weighted by Gasteiger charge is 2.46. The number of azide groups is 1. The third kappa shape index (κ3) is 2.84. The van der Waals surface area contributed by atoms with E-state index in [9.17, 15) is 4.79 Å². The molecule has 1 amide bonds. The predicted octanol–water partition coefficient (Wildman–Crippen LogP) is 0.930. The van der Waals surface area contributed by atoms with Crippen LogP contribution >= 0.6 is 0 Å². The Balaban J connectivity index is 2.28. The van der Waals surface area contributed by atoms with E-state index in [1.54, 1.807) is 0 Å². The predicted molar refractivity (Wildman–Crippen MR) is 57.0 cm³/mol. The first kappa shape index (κ1) is 11.8. The molecule has 0 aromatic heterocycles. The van der Waals surface area contributed by atoms with Crippen molar-refractivity contribution >= 4 is 5.91 Å². The van der Waals surface area contributed by atoms with Crippen molar-refractivity contribution in [3.05, 3.63) is 10.4 Å². The van der Waals surface area contributed by atoms with E-state index in [4.69, 9.17) is 11.3 Å². The minimum Gasteiger partial charge on any atom is -0.368 e. The van der Waals surface area contributed by atoms with E-state index in [-0.39, 0.29) is 5.91 Å². The van der Waals surface area contributed by atoms with Gasteiger partial charge in [0.15, 0.2) is 0 Å². The number of hydrogen-bond acceptors (Lipinski definition) is 3. The van der Waals surface area contributed by atoms with Crippen molar-refractivity contribution in [1.82, 2.24) is 5.32 Å². The molecule has 0 bridgehead atoms. The van der Waals surface area contributed by atoms with Crippen LogP contribution in [0.5, 0.6) is 0 Å². The average Bonchev–Trinajstić information content (AvgIpc) is 2.13. The van der Waals surface area contributed by atoms with E-state index >= 15 is 0 Å². The maximum atomic E-state index is 11.2. The summed E-state index contributed by atoms with van der Waals surface area (Å²) in [7, 11) is 0. The molecule has 84 valence electrons. The molecule has 0 saturated heterocycles. The number of nitrogens with zero attached hydrogens (tertiary/aromatic N) is 3. The van der Waals surface area contributed by atoms with Gasteiger partial charge in [-0.3, -0.25) is 4.79 Å². The molecular formula is C9H17N5O. The Morgan fingerprint density at radius 3 is 2.87 bits per heavy atom. The fourth-order valence-electron chi connectivity index (χ4n) is 2.08. The number of carbonyl (C=O) groups is 1. The van der Waals surface area contributed by atoms with E-state index in [2.05, 4.69) is 22.3 Å². The maximum absolute atomic E-state index is 11.2. The van der Waals surface area contributed by atoms with Crippen LogP contribution in [0.1, 0.15) is 26.2 Å². The first-order valence-electron chi connectivity index (χ1n) is 5.16. The summed E-state index contributed by atoms with van der Waals surface area (Å²) in [6.45, 7) is 3.21. The lowest BCUT2D eigenvalue weighted by atomic mass is 9.68. The van der Waals surface area contributed by atoms with Crippen molar-refractivity contribution in [3.8, 4) is 0 Å². The van der Waals surface area contributed by atoms with Gasteiger partial charge in [-0.25, -0.2) is 0 Å². The third-order valence-electron chi connectivity index (χ3n) is 2.83. The highest BCUT2D eigenvalue weighted by atomic mass is 16.1. The number of nitrogens with one attached hydrogen (secondary N) is 1. The number of amides is 1. The van der Waals surface area contributed by atoms with Crippen molar-refractivity contribution in [2.75, 3.05) is 13.1 Å². The van der Waals surface area contributed by atoms with Gasteiger partial charge in [0.25, 0.3) is 0 Å². The molecule has 1 saturated carbocycles. The summed E-state index contributed by atoms with van der Waals surface area (Å²) < 4.78 is 0. The fraction of sp³-hybridized carbons (Fsp3) is 0.889. The highest BCUT2D eigenvalue weighted by molar-refractivity contribution is 5.85. The molecule has 1 aliphatic carbocycles. The fourth-order valence-corrected chi connectivity index (χ4v) is 2.08. The first-order valence-corrected chi connectivity index (χ1v) is 5.16. The van der Waals surface area contributed by atoms with E-state index in [1.807, 2.05) is 0 Å². The minimum atomic E-state index is -0.504. The number of rotatable bonds is 6. The van der Waals surface area contributed by atoms with Crippen molar-refractivity contribution in [2.24, 2.45) is 16.8 Å². The Hall–Kier alpha value is -1.26. The largest absolute Gasteiger partial charge is 0.368 e. The Morgan fingerprint density at radius 2 is 2.40 bits per heavy atom. The van der Waals surface area contributed by atoms with Crippen molar-refractivity contribution in [2.45, 2.75) is 31.7 Å². The second-order valence-corrected chi connectivity index (χ2v) is 4.19. The summed E-state index contributed by atoms with van der Waals surface area (Å²) in [6.07, 6.45) is 2.35. The van der Waals surface area contributed by atoms with Crippen LogP contribution in [0.4, 0.5) is 0 Å². The summed E-state index contributed by atoms with van der Waals surface area (Å²) in [4.78, 5) is 13.9. The average molecular weight is 211 g/mol. The van der Waals surface area contributed by atoms with Crippen LogP contribution in [-0.2, 0) is 4.79 Å². The molecular weight excluding hydrogens is 194 g/mol. The molecule has 1 fully saturated rings. The SMILES string of the molecule is CC1CC(NCCCN=[N+]=[N-])(C(N)=O)C1. The van der Waals surface area contributed by atoms with Gasteiger partial charge in [0.1, 0.15) is 0 Å². The summed E-state index contributed by atoms with van der Waals surface area (Å²) in [5, 5.41) is 6.58. The van der Waals surface area contributed by atoms with E-state index in [0.29, 0.717) is 19.0 Å². The summed E-state index contributed by atoms with van der Waals surface area (Å²) in [6, 6.07) is 0. The van der Waals surface area contributed by atoms with Gasteiger partial charge < -0.3 is 11.1 Å². The van der Waals surface area contributed by atoms with Crippen LogP contribution in [-0.4, -0.2) is 24.5 Å². The summed E-state index contributed by atoms with van der Waals surface area (Å²) in [5.41, 5.74) is 12.9. The summed E-state index contributed by atoms with van der Waals surface area (Å²) in [5.74, 6) is 0.284. The van der Waals surface area contributed by atoms with Crippen molar-refractivity contribution in [3.63, 3.8) is 0 Å². The topological polar surface area (TPSA) is 104 Å². The molecule has 1 aliphatic rings. The number of hydrogen-bond donors (Lipinski definition) is 2. The smallest absolute Gasteiger partial charge is 0.237 e. The van der Waals surface area contributed by atoms with Crippen LogP contribution in [0, 0.1) is 5.92 Å². The molecule has 0 spiro atoms. The zero-order valence-electron chi connectivity index (χ0n) is 8.94. The van der Waals surface area contributed by atoms with Gasteiger partial charge in [0.05, 0.1) is 5.54 Å². The second-order valence-electron chi connectivity index (χ2n) is 4.19. The summed E-state index contributed by atoms with van der Waals surface area (Å²) >= 11 is 0. The molecule has 0 unspecified atom stereocenters. The van der Waals surface area contributed by atoms with Gasteiger partial charge in [0.2, 0.25) is 5.91 Å². The Bertz CT molecular complexity index is 278. The monoisotopic (exact) mass is 211 g/mol. The molecule has 1 rings (SSSR count). The quantitative estimate of drug-likeness (QED) is 0.295. The molecule has 0 heterocycles. The number of nitrogens with two attached hydrogens (primary N) is 1. The normalized spacial score (nSPS) is 29.0. The zero-order chi connectivity index (χ0) is 11.3. The van der Waals surface area contributed by atoms with Gasteiger partial charge >= 0.3 is 0 Å². The molecule has 6 heteroatoms. The van der Waals surface area contributed by atoms with Crippen LogP contribution < -0.4 is 11.1 Å². The lowest BCUT2D eigenvalue weighted by Gasteiger charge is -2.44. The molecule has 0 aromatic carbocycles. The van der Waals surface area contributed by atoms with Gasteiger partial charge in [-0.15, -0.1) is 0 Å². The third-order valence-corrected chi connectivity index (χ3v) is 2.83. The Kier molecular flexibility index (Phi) is 3.94. The molecule has 0 aromatic rings. The lowest BCUT2D eigenvalue weighted by Crippen LogP contribution is -2.63. The molecule has 0 atom stereocenters. The molecule has 6 nitrogen and oxygen atoms in total. The zero-order valence-corrected chi connectivity index (χ0v) is 8.94. The number of carbonyl (C=O) groups excluding carboxylic acids is 1. The van der Waals surface area contributed by atoms with Crippen LogP contribution in [0.25, 0.3) is 10.4 Å². The van der Waals surface area contributed by atoms with E-state index < -0.39 is 5.54 Å². The van der Waals surface area contributed by atoms with Gasteiger partial charge in [-0.2, -0.15) is 0 Å².